The molecule has 3 aliphatic heterocycles. The van der Waals surface area contributed by atoms with Crippen LogP contribution in [0.3, 0.4) is 0 Å². The molecule has 0 aromatic heterocycles. The van der Waals surface area contributed by atoms with Gasteiger partial charge >= 0.3 is 0 Å². The van der Waals surface area contributed by atoms with Crippen LogP contribution in [0.1, 0.15) is 43.2 Å². The molecule has 36 heavy (non-hydrogen) atoms. The van der Waals surface area contributed by atoms with E-state index in [1.165, 1.54) is 12.1 Å². The minimum atomic E-state index is -0.249. The molecule has 2 aromatic rings. The molecule has 2 aromatic carbocycles. The molecule has 5 rings (SSSR count). The summed E-state index contributed by atoms with van der Waals surface area (Å²) in [5.74, 6) is 0.617. The van der Waals surface area contributed by atoms with E-state index < -0.39 is 0 Å². The highest BCUT2D eigenvalue weighted by atomic mass is 35.5. The summed E-state index contributed by atoms with van der Waals surface area (Å²) in [6, 6.07) is 16.5. The van der Waals surface area contributed by atoms with Gasteiger partial charge in [0.1, 0.15) is 11.6 Å². The molecular formula is C29H37ClFN3O2. The van der Waals surface area contributed by atoms with E-state index in [0.717, 1.165) is 69.7 Å². The molecule has 1 amide bonds. The molecule has 7 heteroatoms. The lowest BCUT2D eigenvalue weighted by Gasteiger charge is -2.39. The van der Waals surface area contributed by atoms with Gasteiger partial charge in [-0.1, -0.05) is 49.4 Å². The SMILES string of the molecule is CC(C(=O)C1CNCC1CN1CCC2(CC1)CCN(Cc1ccc(F)cc1)C2=O)c1ccccc1.Cl. The Kier molecular flexibility index (Phi) is 8.48. The molecule has 3 aliphatic rings. The second kappa shape index (κ2) is 11.4. The van der Waals surface area contributed by atoms with Crippen molar-refractivity contribution in [3.63, 3.8) is 0 Å². The van der Waals surface area contributed by atoms with E-state index in [-0.39, 0.29) is 41.4 Å². The highest BCUT2D eigenvalue weighted by Gasteiger charge is 2.48. The largest absolute Gasteiger partial charge is 0.338 e. The topological polar surface area (TPSA) is 52.7 Å². The summed E-state index contributed by atoms with van der Waals surface area (Å²) in [5, 5.41) is 3.46. The summed E-state index contributed by atoms with van der Waals surface area (Å²) in [6.07, 6.45) is 2.66. The summed E-state index contributed by atoms with van der Waals surface area (Å²) in [4.78, 5) is 31.1. The number of rotatable bonds is 7. The number of hydrogen-bond donors (Lipinski definition) is 1. The minimum Gasteiger partial charge on any atom is -0.338 e. The lowest BCUT2D eigenvalue weighted by molar-refractivity contribution is -0.139. The van der Waals surface area contributed by atoms with Crippen LogP contribution in [-0.2, 0) is 16.1 Å². The maximum atomic E-state index is 13.3. The summed E-state index contributed by atoms with van der Waals surface area (Å²) in [6.45, 7) is 7.72. The lowest BCUT2D eigenvalue weighted by Crippen LogP contribution is -2.46. The van der Waals surface area contributed by atoms with Crippen LogP contribution in [0.4, 0.5) is 4.39 Å². The van der Waals surface area contributed by atoms with Crippen molar-refractivity contribution >= 4 is 24.1 Å². The van der Waals surface area contributed by atoms with Crippen molar-refractivity contribution in [3.8, 4) is 0 Å². The Bertz CT molecular complexity index is 1040. The number of carbonyl (C=O) groups is 2. The fourth-order valence-corrected chi connectivity index (χ4v) is 6.30. The first kappa shape index (κ1) is 26.8. The summed E-state index contributed by atoms with van der Waals surface area (Å²) < 4.78 is 13.2. The zero-order valence-electron chi connectivity index (χ0n) is 21.0. The number of nitrogens with zero attached hydrogens (tertiary/aromatic N) is 2. The van der Waals surface area contributed by atoms with E-state index in [1.807, 2.05) is 42.2 Å². The molecule has 0 bridgehead atoms. The quantitative estimate of drug-likeness (QED) is 0.600. The maximum Gasteiger partial charge on any atom is 0.229 e. The van der Waals surface area contributed by atoms with Crippen molar-refractivity contribution in [2.24, 2.45) is 17.3 Å². The van der Waals surface area contributed by atoms with Gasteiger partial charge < -0.3 is 15.1 Å². The van der Waals surface area contributed by atoms with Crippen molar-refractivity contribution in [2.45, 2.75) is 38.6 Å². The Morgan fingerprint density at radius 1 is 1.03 bits per heavy atom. The summed E-state index contributed by atoms with van der Waals surface area (Å²) in [7, 11) is 0. The van der Waals surface area contributed by atoms with Gasteiger partial charge in [-0.15, -0.1) is 12.4 Å². The second-order valence-electron chi connectivity index (χ2n) is 10.7. The van der Waals surface area contributed by atoms with Gasteiger partial charge in [-0.3, -0.25) is 9.59 Å². The predicted octanol–water partition coefficient (Wildman–Crippen LogP) is 4.27. The molecule has 1 spiro atoms. The number of carbonyl (C=O) groups excluding carboxylic acids is 2. The van der Waals surface area contributed by atoms with Crippen LogP contribution in [0.25, 0.3) is 0 Å². The molecule has 3 fully saturated rings. The molecule has 3 saturated heterocycles. The van der Waals surface area contributed by atoms with Gasteiger partial charge in [0.25, 0.3) is 0 Å². The highest BCUT2D eigenvalue weighted by molar-refractivity contribution is 5.88. The molecule has 0 aliphatic carbocycles. The van der Waals surface area contributed by atoms with Gasteiger partial charge in [0, 0.05) is 38.0 Å². The van der Waals surface area contributed by atoms with Gasteiger partial charge in [0.2, 0.25) is 5.91 Å². The van der Waals surface area contributed by atoms with Gasteiger partial charge in [-0.05, 0) is 68.1 Å². The average Bonchev–Trinajstić information content (AvgIpc) is 3.47. The molecule has 0 saturated carbocycles. The molecule has 0 radical (unpaired) electrons. The standard InChI is InChI=1S/C29H36FN3O2.ClH/c1-21(23-5-3-2-4-6-23)27(34)26-18-31-17-24(26)20-32-14-11-29(12-15-32)13-16-33(28(29)35)19-22-7-9-25(30)10-8-22;/h2-10,21,24,26,31H,11-20H2,1H3;1H. The first-order valence-corrected chi connectivity index (χ1v) is 13.0. The molecule has 3 heterocycles. The van der Waals surface area contributed by atoms with Crippen LogP contribution in [0.15, 0.2) is 54.6 Å². The van der Waals surface area contributed by atoms with Crippen molar-refractivity contribution in [1.82, 2.24) is 15.1 Å². The predicted molar refractivity (Wildman–Crippen MR) is 142 cm³/mol. The summed E-state index contributed by atoms with van der Waals surface area (Å²) in [5.41, 5.74) is 1.82. The van der Waals surface area contributed by atoms with Crippen LogP contribution in [-0.4, -0.2) is 60.8 Å². The van der Waals surface area contributed by atoms with Crippen LogP contribution in [0, 0.1) is 23.1 Å². The fourth-order valence-electron chi connectivity index (χ4n) is 6.30. The molecule has 5 nitrogen and oxygen atoms in total. The molecule has 3 unspecified atom stereocenters. The third-order valence-electron chi connectivity index (χ3n) is 8.63. The van der Waals surface area contributed by atoms with Gasteiger partial charge in [0.15, 0.2) is 0 Å². The molecular weight excluding hydrogens is 477 g/mol. The number of ketones is 1. The van der Waals surface area contributed by atoms with Crippen LogP contribution >= 0.6 is 12.4 Å². The molecule has 1 N–H and O–H groups in total. The van der Waals surface area contributed by atoms with E-state index in [1.54, 1.807) is 12.1 Å². The van der Waals surface area contributed by atoms with E-state index in [2.05, 4.69) is 10.2 Å². The number of benzene rings is 2. The Balaban J connectivity index is 0.00000304. The second-order valence-corrected chi connectivity index (χ2v) is 10.7. The fraction of sp³-hybridized carbons (Fsp3) is 0.517. The van der Waals surface area contributed by atoms with Crippen molar-refractivity contribution in [1.29, 1.82) is 0 Å². The maximum absolute atomic E-state index is 13.3. The minimum absolute atomic E-state index is 0. The van der Waals surface area contributed by atoms with Gasteiger partial charge in [-0.25, -0.2) is 4.39 Å². The number of hydrogen-bond acceptors (Lipinski definition) is 4. The van der Waals surface area contributed by atoms with E-state index in [9.17, 15) is 14.0 Å². The number of piperidine rings is 1. The van der Waals surface area contributed by atoms with Crippen molar-refractivity contribution < 1.29 is 14.0 Å². The van der Waals surface area contributed by atoms with Crippen molar-refractivity contribution in [3.05, 3.63) is 71.5 Å². The van der Waals surface area contributed by atoms with E-state index in [4.69, 9.17) is 0 Å². The van der Waals surface area contributed by atoms with Crippen LogP contribution in [0.5, 0.6) is 0 Å². The Morgan fingerprint density at radius 3 is 2.39 bits per heavy atom. The van der Waals surface area contributed by atoms with Crippen LogP contribution in [0.2, 0.25) is 0 Å². The number of halogens is 2. The average molecular weight is 514 g/mol. The highest BCUT2D eigenvalue weighted by Crippen LogP contribution is 2.42. The van der Waals surface area contributed by atoms with E-state index >= 15 is 0 Å². The van der Waals surface area contributed by atoms with E-state index in [0.29, 0.717) is 18.2 Å². The zero-order valence-corrected chi connectivity index (χ0v) is 21.8. The number of amides is 1. The lowest BCUT2D eigenvalue weighted by atomic mass is 9.76. The zero-order chi connectivity index (χ0) is 24.4. The number of nitrogens with one attached hydrogen (secondary N) is 1. The Hall–Kier alpha value is -2.28. The normalized spacial score (nSPS) is 24.6. The Labute approximate surface area is 219 Å². The first-order valence-electron chi connectivity index (χ1n) is 13.0. The van der Waals surface area contributed by atoms with Crippen LogP contribution < -0.4 is 5.32 Å². The monoisotopic (exact) mass is 513 g/mol. The third-order valence-corrected chi connectivity index (χ3v) is 8.63. The van der Waals surface area contributed by atoms with Crippen molar-refractivity contribution in [2.75, 3.05) is 39.3 Å². The summed E-state index contributed by atoms with van der Waals surface area (Å²) >= 11 is 0. The van der Waals surface area contributed by atoms with Gasteiger partial charge in [-0.2, -0.15) is 0 Å². The van der Waals surface area contributed by atoms with Gasteiger partial charge in [0.05, 0.1) is 5.41 Å². The first-order chi connectivity index (χ1) is 16.9. The Morgan fingerprint density at radius 2 is 1.69 bits per heavy atom. The molecule has 3 atom stereocenters. The molecule has 194 valence electrons. The number of Topliss-reactive ketones (excluding diaryl/α,β-unsaturated/α-hetero) is 1. The number of likely N-dealkylation sites (tertiary alicyclic amines) is 2. The third kappa shape index (κ3) is 5.51. The smallest absolute Gasteiger partial charge is 0.229 e.